The Morgan fingerprint density at radius 1 is 1.00 bits per heavy atom. The number of Topliss-reactive ketones (excluding diaryl/α,β-unsaturated/α-hetero) is 1. The number of thiophene rings is 1. The summed E-state index contributed by atoms with van der Waals surface area (Å²) in [5.74, 6) is -0.567. The standard InChI is InChI=1S/C28H31N2O6PS/c1-5-21(37(34)35)13-15-24(31)18-8-10-19(11-9-18)26(32)29-23-17-20(25-7-6-16-38-25)12-14-22(23)30-27(33)36-28(2,3)4/h6-12,14,16-17,21H,5,13,15H2,1-4H3,(H2-,29,30,31,32,33,34,35)/p+1. The first kappa shape index (κ1) is 29.2. The van der Waals surface area contributed by atoms with Gasteiger partial charge in [0.1, 0.15) is 5.60 Å². The largest absolute Gasteiger partial charge is 0.508 e. The van der Waals surface area contributed by atoms with Crippen LogP contribution in [0.5, 0.6) is 0 Å². The van der Waals surface area contributed by atoms with E-state index in [9.17, 15) is 23.8 Å². The first-order chi connectivity index (χ1) is 18.0. The molecule has 2 amide bonds. The van der Waals surface area contributed by atoms with Gasteiger partial charge in [-0.3, -0.25) is 14.9 Å². The van der Waals surface area contributed by atoms with Crippen molar-refractivity contribution in [2.45, 2.75) is 58.2 Å². The van der Waals surface area contributed by atoms with Crippen LogP contribution in [0.15, 0.2) is 60.0 Å². The maximum Gasteiger partial charge on any atom is 0.508 e. The summed E-state index contributed by atoms with van der Waals surface area (Å²) >= 11 is 1.55. The average Bonchev–Trinajstić information content (AvgIpc) is 3.39. The van der Waals surface area contributed by atoms with Gasteiger partial charge < -0.3 is 10.1 Å². The number of carbonyl (C=O) groups is 3. The third kappa shape index (κ3) is 8.31. The zero-order valence-corrected chi connectivity index (χ0v) is 23.5. The lowest BCUT2D eigenvalue weighted by molar-refractivity contribution is 0.0635. The number of rotatable bonds is 10. The molecule has 0 aliphatic rings. The molecule has 0 fully saturated rings. The molecular weight excluding hydrogens is 523 g/mol. The van der Waals surface area contributed by atoms with Gasteiger partial charge in [-0.1, -0.05) is 31.2 Å². The van der Waals surface area contributed by atoms with Gasteiger partial charge in [0, 0.05) is 28.8 Å². The number of benzene rings is 2. The molecule has 200 valence electrons. The molecule has 1 heterocycles. The Balaban J connectivity index is 1.77. The van der Waals surface area contributed by atoms with E-state index in [0.29, 0.717) is 35.3 Å². The second kappa shape index (κ2) is 12.9. The molecule has 0 aliphatic heterocycles. The number of carbonyl (C=O) groups excluding carboxylic acids is 3. The average molecular weight is 556 g/mol. The van der Waals surface area contributed by atoms with E-state index in [-0.39, 0.29) is 12.2 Å². The van der Waals surface area contributed by atoms with Crippen molar-refractivity contribution < 1.29 is 28.6 Å². The molecule has 2 unspecified atom stereocenters. The molecule has 0 aliphatic carbocycles. The zero-order chi connectivity index (χ0) is 27.9. The highest BCUT2D eigenvalue weighted by atomic mass is 32.1. The topological polar surface area (TPSA) is 122 Å². The van der Waals surface area contributed by atoms with E-state index in [1.54, 1.807) is 68.5 Å². The fourth-order valence-electron chi connectivity index (χ4n) is 3.68. The lowest BCUT2D eigenvalue weighted by atomic mass is 10.0. The Hall–Kier alpha value is -3.39. The fraction of sp³-hybridized carbons (Fsp3) is 0.321. The van der Waals surface area contributed by atoms with Crippen molar-refractivity contribution in [1.29, 1.82) is 0 Å². The van der Waals surface area contributed by atoms with Crippen LogP contribution < -0.4 is 10.6 Å². The zero-order valence-electron chi connectivity index (χ0n) is 21.8. The van der Waals surface area contributed by atoms with Gasteiger partial charge in [0.25, 0.3) is 5.91 Å². The first-order valence-corrected chi connectivity index (χ1v) is 14.4. The Morgan fingerprint density at radius 2 is 1.68 bits per heavy atom. The number of ketones is 1. The van der Waals surface area contributed by atoms with Gasteiger partial charge in [-0.2, -0.15) is 4.89 Å². The molecule has 2 atom stereocenters. The summed E-state index contributed by atoms with van der Waals surface area (Å²) in [4.78, 5) is 48.3. The minimum absolute atomic E-state index is 0.153. The van der Waals surface area contributed by atoms with Crippen molar-refractivity contribution in [3.8, 4) is 10.4 Å². The first-order valence-electron chi connectivity index (χ1n) is 12.2. The van der Waals surface area contributed by atoms with E-state index in [2.05, 4.69) is 10.6 Å². The minimum atomic E-state index is -2.32. The molecule has 0 bridgehead atoms. The lowest BCUT2D eigenvalue weighted by Gasteiger charge is -2.21. The number of hydrogen-bond donors (Lipinski definition) is 3. The smallest absolute Gasteiger partial charge is 0.444 e. The summed E-state index contributed by atoms with van der Waals surface area (Å²) in [6.07, 6.45) is 0.366. The molecule has 2 aromatic carbocycles. The summed E-state index contributed by atoms with van der Waals surface area (Å²) < 4.78 is 16.7. The van der Waals surface area contributed by atoms with Gasteiger partial charge in [-0.25, -0.2) is 4.79 Å². The van der Waals surface area contributed by atoms with Gasteiger partial charge in [0.15, 0.2) is 11.4 Å². The predicted octanol–water partition coefficient (Wildman–Crippen LogP) is 7.49. The SMILES string of the molecule is CCC(CCC(=O)c1ccc(C(=O)Nc2cc(-c3cccs3)ccc2NC(=O)OC(C)(C)C)cc1)[P+](=O)O. The molecule has 3 N–H and O–H groups in total. The van der Waals surface area contributed by atoms with Gasteiger partial charge in [-0.15, -0.1) is 11.3 Å². The van der Waals surface area contributed by atoms with E-state index in [1.165, 1.54) is 0 Å². The Bertz CT molecular complexity index is 1300. The van der Waals surface area contributed by atoms with Crippen LogP contribution in [-0.4, -0.2) is 33.9 Å². The van der Waals surface area contributed by atoms with E-state index < -0.39 is 31.3 Å². The Morgan fingerprint density at radius 3 is 2.26 bits per heavy atom. The highest BCUT2D eigenvalue weighted by molar-refractivity contribution is 7.38. The van der Waals surface area contributed by atoms with Crippen molar-refractivity contribution in [2.75, 3.05) is 10.6 Å². The summed E-state index contributed by atoms with van der Waals surface area (Å²) in [6, 6.07) is 15.5. The highest BCUT2D eigenvalue weighted by Gasteiger charge is 2.27. The quantitative estimate of drug-likeness (QED) is 0.176. The second-order valence-corrected chi connectivity index (χ2v) is 12.0. The van der Waals surface area contributed by atoms with Crippen LogP contribution >= 0.6 is 19.4 Å². The maximum absolute atomic E-state index is 13.1. The third-order valence-electron chi connectivity index (χ3n) is 5.67. The van der Waals surface area contributed by atoms with Crippen LogP contribution in [0.2, 0.25) is 0 Å². The van der Waals surface area contributed by atoms with Gasteiger partial charge in [-0.05, 0) is 73.0 Å². The van der Waals surface area contributed by atoms with Crippen LogP contribution in [0, 0.1) is 0 Å². The lowest BCUT2D eigenvalue weighted by Crippen LogP contribution is -2.27. The van der Waals surface area contributed by atoms with Crippen LogP contribution in [0.25, 0.3) is 10.4 Å². The van der Waals surface area contributed by atoms with E-state index in [4.69, 9.17) is 4.74 Å². The van der Waals surface area contributed by atoms with E-state index >= 15 is 0 Å². The molecular formula is C28H32N2O6PS+. The normalized spacial score (nSPS) is 12.4. The molecule has 10 heteroatoms. The molecule has 3 aromatic rings. The van der Waals surface area contributed by atoms with Crippen LogP contribution in [0.4, 0.5) is 16.2 Å². The maximum atomic E-state index is 13.1. The summed E-state index contributed by atoms with van der Waals surface area (Å²) in [5, 5.41) is 7.51. The summed E-state index contributed by atoms with van der Waals surface area (Å²) in [7, 11) is -2.32. The van der Waals surface area contributed by atoms with Gasteiger partial charge in [0.2, 0.25) is 0 Å². The molecule has 0 spiro atoms. The predicted molar refractivity (Wildman–Crippen MR) is 151 cm³/mol. The van der Waals surface area contributed by atoms with Crippen molar-refractivity contribution in [3.05, 3.63) is 71.1 Å². The third-order valence-corrected chi connectivity index (χ3v) is 7.83. The Labute approximate surface area is 227 Å². The summed E-state index contributed by atoms with van der Waals surface area (Å²) in [6.45, 7) is 7.11. The molecule has 3 rings (SSSR count). The molecule has 38 heavy (non-hydrogen) atoms. The van der Waals surface area contributed by atoms with E-state index in [1.807, 2.05) is 30.5 Å². The van der Waals surface area contributed by atoms with Crippen LogP contribution in [0.3, 0.4) is 0 Å². The number of amides is 2. The van der Waals surface area contributed by atoms with Crippen LogP contribution in [-0.2, 0) is 9.30 Å². The van der Waals surface area contributed by atoms with Crippen LogP contribution in [0.1, 0.15) is 67.7 Å². The van der Waals surface area contributed by atoms with Crippen molar-refractivity contribution in [3.63, 3.8) is 0 Å². The Kier molecular flexibility index (Phi) is 9.91. The number of nitrogens with one attached hydrogen (secondary N) is 2. The molecule has 0 saturated heterocycles. The fourth-order valence-corrected chi connectivity index (χ4v) is 5.07. The molecule has 0 radical (unpaired) electrons. The summed E-state index contributed by atoms with van der Waals surface area (Å²) in [5.41, 5.74) is 1.32. The molecule has 8 nitrogen and oxygen atoms in total. The number of hydrogen-bond acceptors (Lipinski definition) is 6. The van der Waals surface area contributed by atoms with Gasteiger partial charge in [0.05, 0.1) is 11.4 Å². The number of ether oxygens (including phenoxy) is 1. The number of anilines is 2. The molecule has 1 aromatic heterocycles. The van der Waals surface area contributed by atoms with Crippen molar-refractivity contribution >= 4 is 48.5 Å². The molecule has 0 saturated carbocycles. The van der Waals surface area contributed by atoms with Crippen molar-refractivity contribution in [1.82, 2.24) is 0 Å². The second-order valence-electron chi connectivity index (χ2n) is 9.72. The van der Waals surface area contributed by atoms with E-state index in [0.717, 1.165) is 10.4 Å². The van der Waals surface area contributed by atoms with Gasteiger partial charge >= 0.3 is 14.1 Å². The van der Waals surface area contributed by atoms with Crippen molar-refractivity contribution in [2.24, 2.45) is 0 Å². The monoisotopic (exact) mass is 555 g/mol. The highest BCUT2D eigenvalue weighted by Crippen LogP contribution is 2.32. The minimum Gasteiger partial charge on any atom is -0.444 e.